The van der Waals surface area contributed by atoms with E-state index in [9.17, 15) is 4.79 Å². The number of aryl methyl sites for hydroxylation is 1. The molecule has 0 N–H and O–H groups in total. The summed E-state index contributed by atoms with van der Waals surface area (Å²) in [7, 11) is 1.66. The fourth-order valence-electron chi connectivity index (χ4n) is 2.80. The van der Waals surface area contributed by atoms with Gasteiger partial charge in [0.2, 0.25) is 0 Å². The maximum absolute atomic E-state index is 12.0. The summed E-state index contributed by atoms with van der Waals surface area (Å²) >= 11 is 0. The van der Waals surface area contributed by atoms with Crippen LogP contribution in [0.5, 0.6) is 5.75 Å². The van der Waals surface area contributed by atoms with Gasteiger partial charge in [-0.1, -0.05) is 35.0 Å². The van der Waals surface area contributed by atoms with Crippen LogP contribution >= 0.6 is 0 Å². The van der Waals surface area contributed by atoms with Crippen molar-refractivity contribution in [3.05, 3.63) is 65.2 Å². The van der Waals surface area contributed by atoms with E-state index in [1.807, 2.05) is 38.1 Å². The van der Waals surface area contributed by atoms with Gasteiger partial charge in [0.15, 0.2) is 0 Å². The van der Waals surface area contributed by atoms with E-state index in [1.165, 1.54) is 5.56 Å². The molecule has 1 aliphatic carbocycles. The van der Waals surface area contributed by atoms with Crippen molar-refractivity contribution in [2.24, 2.45) is 11.1 Å². The summed E-state index contributed by atoms with van der Waals surface area (Å²) in [6.07, 6.45) is 1.03. The SMILES string of the molecule is COc1ccc([C@@H]2C[C@H]2/C(C)=N\OC(=O)c2ccc(C)cc2)cc1. The molecule has 2 atom stereocenters. The van der Waals surface area contributed by atoms with E-state index in [1.54, 1.807) is 19.2 Å². The second kappa shape index (κ2) is 6.87. The molecule has 0 amide bonds. The summed E-state index contributed by atoms with van der Waals surface area (Å²) in [5.41, 5.74) is 3.74. The van der Waals surface area contributed by atoms with Crippen molar-refractivity contribution < 1.29 is 14.4 Å². The number of hydrogen-bond donors (Lipinski definition) is 0. The molecule has 0 saturated heterocycles. The van der Waals surface area contributed by atoms with Crippen LogP contribution < -0.4 is 4.74 Å². The van der Waals surface area contributed by atoms with E-state index < -0.39 is 5.97 Å². The Balaban J connectivity index is 1.58. The van der Waals surface area contributed by atoms with Crippen LogP contribution in [0.25, 0.3) is 0 Å². The van der Waals surface area contributed by atoms with Crippen LogP contribution in [0.2, 0.25) is 0 Å². The molecule has 0 spiro atoms. The van der Waals surface area contributed by atoms with Crippen molar-refractivity contribution >= 4 is 11.7 Å². The van der Waals surface area contributed by atoms with Crippen molar-refractivity contribution in [1.82, 2.24) is 0 Å². The first-order valence-corrected chi connectivity index (χ1v) is 8.05. The molecule has 4 heteroatoms. The Morgan fingerprint density at radius 1 is 1.08 bits per heavy atom. The van der Waals surface area contributed by atoms with Crippen molar-refractivity contribution in [2.75, 3.05) is 7.11 Å². The summed E-state index contributed by atoms with van der Waals surface area (Å²) in [5.74, 6) is 1.21. The highest BCUT2D eigenvalue weighted by Crippen LogP contribution is 2.48. The van der Waals surface area contributed by atoms with Gasteiger partial charge < -0.3 is 9.57 Å². The first kappa shape index (κ1) is 16.2. The molecule has 4 nitrogen and oxygen atoms in total. The number of hydrogen-bond acceptors (Lipinski definition) is 4. The van der Waals surface area contributed by atoms with Gasteiger partial charge in [0.25, 0.3) is 0 Å². The lowest BCUT2D eigenvalue weighted by Gasteiger charge is -2.03. The monoisotopic (exact) mass is 323 g/mol. The molecule has 124 valence electrons. The van der Waals surface area contributed by atoms with Crippen molar-refractivity contribution in [3.63, 3.8) is 0 Å². The third-order valence-electron chi connectivity index (χ3n) is 4.43. The molecule has 2 aromatic rings. The van der Waals surface area contributed by atoms with Gasteiger partial charge in [-0.2, -0.15) is 0 Å². The van der Waals surface area contributed by atoms with Gasteiger partial charge in [-0.3, -0.25) is 0 Å². The summed E-state index contributed by atoms with van der Waals surface area (Å²) in [4.78, 5) is 17.1. The standard InChI is InChI=1S/C20H21NO3/c1-13-4-6-16(7-5-13)20(22)24-21-14(2)18-12-19(18)15-8-10-17(23-3)11-9-15/h4-11,18-19H,12H2,1-3H3/b21-14-/t18-,19-/m0/s1. The van der Waals surface area contributed by atoms with Crippen LogP contribution in [0.3, 0.4) is 0 Å². The Morgan fingerprint density at radius 2 is 1.75 bits per heavy atom. The Morgan fingerprint density at radius 3 is 2.38 bits per heavy atom. The number of nitrogens with zero attached hydrogens (tertiary/aromatic N) is 1. The molecule has 2 aromatic carbocycles. The van der Waals surface area contributed by atoms with Gasteiger partial charge >= 0.3 is 5.97 Å². The maximum Gasteiger partial charge on any atom is 0.365 e. The Bertz CT molecular complexity index is 747. The Kier molecular flexibility index (Phi) is 4.65. The van der Waals surface area contributed by atoms with Crippen LogP contribution in [-0.2, 0) is 4.84 Å². The second-order valence-electron chi connectivity index (χ2n) is 6.20. The van der Waals surface area contributed by atoms with E-state index >= 15 is 0 Å². The molecule has 0 heterocycles. The molecule has 1 fully saturated rings. The Hall–Kier alpha value is -2.62. The number of oxime groups is 1. The lowest BCUT2D eigenvalue weighted by atomic mass is 10.1. The molecule has 1 saturated carbocycles. The zero-order valence-electron chi connectivity index (χ0n) is 14.2. The van der Waals surface area contributed by atoms with E-state index in [4.69, 9.17) is 9.57 Å². The van der Waals surface area contributed by atoms with E-state index in [2.05, 4.69) is 17.3 Å². The minimum absolute atomic E-state index is 0.337. The predicted molar refractivity (Wildman–Crippen MR) is 93.5 cm³/mol. The highest BCUT2D eigenvalue weighted by Gasteiger charge is 2.40. The summed E-state index contributed by atoms with van der Waals surface area (Å²) in [6.45, 7) is 3.89. The molecule has 0 bridgehead atoms. The summed E-state index contributed by atoms with van der Waals surface area (Å²) in [5, 5.41) is 4.04. The van der Waals surface area contributed by atoms with Gasteiger partial charge in [-0.25, -0.2) is 4.79 Å². The maximum atomic E-state index is 12.0. The largest absolute Gasteiger partial charge is 0.497 e. The van der Waals surface area contributed by atoms with E-state index in [-0.39, 0.29) is 0 Å². The molecule has 3 rings (SSSR count). The molecule has 0 radical (unpaired) electrons. The van der Waals surface area contributed by atoms with Gasteiger partial charge in [-0.15, -0.1) is 0 Å². The van der Waals surface area contributed by atoms with Crippen molar-refractivity contribution in [3.8, 4) is 5.75 Å². The third kappa shape index (κ3) is 3.65. The lowest BCUT2D eigenvalue weighted by Crippen LogP contribution is -2.04. The van der Waals surface area contributed by atoms with Crippen LogP contribution in [0.1, 0.15) is 40.7 Å². The number of carbonyl (C=O) groups is 1. The zero-order valence-corrected chi connectivity index (χ0v) is 14.2. The molecular formula is C20H21NO3. The smallest absolute Gasteiger partial charge is 0.365 e. The van der Waals surface area contributed by atoms with Crippen LogP contribution in [-0.4, -0.2) is 18.8 Å². The Labute approximate surface area is 142 Å². The number of rotatable bonds is 5. The zero-order chi connectivity index (χ0) is 17.1. The van der Waals surface area contributed by atoms with E-state index in [0.717, 1.165) is 23.4 Å². The molecule has 1 aliphatic rings. The highest BCUT2D eigenvalue weighted by atomic mass is 16.7. The quantitative estimate of drug-likeness (QED) is 0.467. The van der Waals surface area contributed by atoms with Crippen molar-refractivity contribution in [1.29, 1.82) is 0 Å². The summed E-state index contributed by atoms with van der Waals surface area (Å²) in [6, 6.07) is 15.4. The topological polar surface area (TPSA) is 47.9 Å². The average molecular weight is 323 g/mol. The molecule has 0 aromatic heterocycles. The normalized spacial score (nSPS) is 19.7. The van der Waals surface area contributed by atoms with Gasteiger partial charge in [0, 0.05) is 5.92 Å². The number of ether oxygens (including phenoxy) is 1. The number of benzene rings is 2. The van der Waals surface area contributed by atoms with Gasteiger partial charge in [0.1, 0.15) is 5.75 Å². The molecule has 0 unspecified atom stereocenters. The number of methoxy groups -OCH3 is 1. The molecular weight excluding hydrogens is 302 g/mol. The highest BCUT2D eigenvalue weighted by molar-refractivity contribution is 5.91. The number of carbonyl (C=O) groups excluding carboxylic acids is 1. The second-order valence-corrected chi connectivity index (χ2v) is 6.20. The van der Waals surface area contributed by atoms with Gasteiger partial charge in [-0.05, 0) is 56.0 Å². The minimum Gasteiger partial charge on any atom is -0.497 e. The van der Waals surface area contributed by atoms with Gasteiger partial charge in [0.05, 0.1) is 18.4 Å². The third-order valence-corrected chi connectivity index (χ3v) is 4.43. The van der Waals surface area contributed by atoms with Crippen molar-refractivity contribution in [2.45, 2.75) is 26.2 Å². The average Bonchev–Trinajstić information content (AvgIpc) is 3.41. The van der Waals surface area contributed by atoms with Crippen LogP contribution in [0.4, 0.5) is 0 Å². The lowest BCUT2D eigenvalue weighted by molar-refractivity contribution is 0.0514. The fourth-order valence-corrected chi connectivity index (χ4v) is 2.80. The first-order chi connectivity index (χ1) is 11.6. The van der Waals surface area contributed by atoms with Crippen LogP contribution in [0, 0.1) is 12.8 Å². The molecule has 24 heavy (non-hydrogen) atoms. The predicted octanol–water partition coefficient (Wildman–Crippen LogP) is 4.34. The minimum atomic E-state index is -0.420. The molecule has 0 aliphatic heterocycles. The fraction of sp³-hybridized carbons (Fsp3) is 0.300. The summed E-state index contributed by atoms with van der Waals surface area (Å²) < 4.78 is 5.18. The van der Waals surface area contributed by atoms with E-state index in [0.29, 0.717) is 17.4 Å². The van der Waals surface area contributed by atoms with Crippen LogP contribution in [0.15, 0.2) is 53.7 Å². The first-order valence-electron chi connectivity index (χ1n) is 8.05.